The average Bonchev–Trinajstić information content (AvgIpc) is 3.40. The van der Waals surface area contributed by atoms with Gasteiger partial charge in [-0.3, -0.25) is 4.79 Å². The Morgan fingerprint density at radius 2 is 1.53 bits per heavy atom. The van der Waals surface area contributed by atoms with Crippen LogP contribution >= 0.6 is 23.4 Å². The molecule has 5 rings (SSSR count). The van der Waals surface area contributed by atoms with E-state index in [0.717, 1.165) is 26.7 Å². The Balaban J connectivity index is 1.20. The highest BCUT2D eigenvalue weighted by Gasteiger charge is 2.13. The molecule has 5 nitrogen and oxygen atoms in total. The second-order valence-electron chi connectivity index (χ2n) is 7.91. The van der Waals surface area contributed by atoms with Gasteiger partial charge in [0.25, 0.3) is 5.91 Å². The number of rotatable bonds is 8. The SMILES string of the molecule is O=C(Nc1ccccc1Sc1ccc(Cl)cc1)c1ccn(COc2ccc(-c3ccccc3)cc2)n1. The molecule has 36 heavy (non-hydrogen) atoms. The van der Waals surface area contributed by atoms with Crippen molar-refractivity contribution in [3.05, 3.63) is 126 Å². The van der Waals surface area contributed by atoms with Crippen molar-refractivity contribution in [1.29, 1.82) is 0 Å². The Kier molecular flexibility index (Phi) is 7.36. The number of anilines is 1. The highest BCUT2D eigenvalue weighted by atomic mass is 35.5. The van der Waals surface area contributed by atoms with Gasteiger partial charge in [0.1, 0.15) is 5.75 Å². The first-order valence-electron chi connectivity index (χ1n) is 11.3. The molecule has 0 fully saturated rings. The number of para-hydroxylation sites is 1. The maximum atomic E-state index is 12.9. The van der Waals surface area contributed by atoms with Crippen LogP contribution < -0.4 is 10.1 Å². The molecule has 4 aromatic carbocycles. The molecule has 1 heterocycles. The van der Waals surface area contributed by atoms with Gasteiger partial charge in [0.2, 0.25) is 0 Å². The standard InChI is InChI=1S/C29H22ClN3O2S/c30-23-12-16-25(17-13-23)36-28-9-5-4-8-26(28)31-29(34)27-18-19-33(32-27)20-35-24-14-10-22(11-15-24)21-6-2-1-3-7-21/h1-19H,20H2,(H,31,34). The summed E-state index contributed by atoms with van der Waals surface area (Å²) in [5.41, 5.74) is 3.30. The number of nitrogens with zero attached hydrogens (tertiary/aromatic N) is 2. The van der Waals surface area contributed by atoms with E-state index in [0.29, 0.717) is 16.4 Å². The number of ether oxygens (including phenoxy) is 1. The van der Waals surface area contributed by atoms with Crippen LogP contribution in [0.4, 0.5) is 5.69 Å². The van der Waals surface area contributed by atoms with Crippen LogP contribution in [0.3, 0.4) is 0 Å². The number of carbonyl (C=O) groups excluding carboxylic acids is 1. The number of nitrogens with one attached hydrogen (secondary N) is 1. The summed E-state index contributed by atoms with van der Waals surface area (Å²) in [5.74, 6) is 0.439. The molecule has 0 bridgehead atoms. The van der Waals surface area contributed by atoms with Crippen molar-refractivity contribution in [3.8, 4) is 16.9 Å². The molecule has 0 aliphatic carbocycles. The third-order valence-electron chi connectivity index (χ3n) is 5.37. The lowest BCUT2D eigenvalue weighted by Crippen LogP contribution is -2.14. The molecule has 0 aliphatic heterocycles. The van der Waals surface area contributed by atoms with E-state index in [9.17, 15) is 4.79 Å². The Labute approximate surface area is 218 Å². The summed E-state index contributed by atoms with van der Waals surface area (Å²) in [6, 6.07) is 35.0. The lowest BCUT2D eigenvalue weighted by molar-refractivity contribution is 0.102. The minimum Gasteiger partial charge on any atom is -0.471 e. The fourth-order valence-corrected chi connectivity index (χ4v) is 4.57. The van der Waals surface area contributed by atoms with E-state index >= 15 is 0 Å². The van der Waals surface area contributed by atoms with E-state index in [1.54, 1.807) is 28.7 Å². The van der Waals surface area contributed by atoms with Crippen molar-refractivity contribution in [2.24, 2.45) is 0 Å². The van der Waals surface area contributed by atoms with E-state index < -0.39 is 0 Å². The highest BCUT2D eigenvalue weighted by Crippen LogP contribution is 2.34. The monoisotopic (exact) mass is 511 g/mol. The maximum absolute atomic E-state index is 12.9. The zero-order valence-corrected chi connectivity index (χ0v) is 20.7. The van der Waals surface area contributed by atoms with Gasteiger partial charge in [0.15, 0.2) is 12.4 Å². The fourth-order valence-electron chi connectivity index (χ4n) is 3.54. The molecular weight excluding hydrogens is 490 g/mol. The van der Waals surface area contributed by atoms with Gasteiger partial charge < -0.3 is 10.1 Å². The summed E-state index contributed by atoms with van der Waals surface area (Å²) in [6.07, 6.45) is 1.72. The normalized spacial score (nSPS) is 10.7. The minimum absolute atomic E-state index is 0.195. The van der Waals surface area contributed by atoms with E-state index in [1.165, 1.54) is 0 Å². The van der Waals surface area contributed by atoms with Crippen LogP contribution in [0.1, 0.15) is 10.5 Å². The minimum atomic E-state index is -0.287. The van der Waals surface area contributed by atoms with Gasteiger partial charge in [-0.1, -0.05) is 78.0 Å². The van der Waals surface area contributed by atoms with Crippen LogP contribution in [0.15, 0.2) is 125 Å². The predicted molar refractivity (Wildman–Crippen MR) is 145 cm³/mol. The van der Waals surface area contributed by atoms with E-state index in [4.69, 9.17) is 16.3 Å². The summed E-state index contributed by atoms with van der Waals surface area (Å²) in [7, 11) is 0. The van der Waals surface area contributed by atoms with Gasteiger partial charge in [-0.15, -0.1) is 0 Å². The molecule has 0 atom stereocenters. The molecule has 7 heteroatoms. The van der Waals surface area contributed by atoms with Gasteiger partial charge in [-0.25, -0.2) is 4.68 Å². The van der Waals surface area contributed by atoms with Crippen molar-refractivity contribution in [1.82, 2.24) is 9.78 Å². The Morgan fingerprint density at radius 1 is 0.833 bits per heavy atom. The molecule has 0 aliphatic rings. The summed E-state index contributed by atoms with van der Waals surface area (Å²) in [5, 5.41) is 8.02. The summed E-state index contributed by atoms with van der Waals surface area (Å²) < 4.78 is 7.44. The quantitative estimate of drug-likeness (QED) is 0.232. The Hall–Kier alpha value is -4.00. The van der Waals surface area contributed by atoms with Crippen LogP contribution in [0.2, 0.25) is 5.02 Å². The third kappa shape index (κ3) is 5.97. The number of carbonyl (C=O) groups is 1. The molecule has 5 aromatic rings. The summed E-state index contributed by atoms with van der Waals surface area (Å²) in [4.78, 5) is 14.8. The van der Waals surface area contributed by atoms with Crippen LogP contribution in [0, 0.1) is 0 Å². The first-order chi connectivity index (χ1) is 17.6. The van der Waals surface area contributed by atoms with Gasteiger partial charge in [0, 0.05) is 21.0 Å². The van der Waals surface area contributed by atoms with Crippen molar-refractivity contribution in [2.75, 3.05) is 5.32 Å². The van der Waals surface area contributed by atoms with Gasteiger partial charge >= 0.3 is 0 Å². The molecule has 0 unspecified atom stereocenters. The first kappa shape index (κ1) is 23.7. The lowest BCUT2D eigenvalue weighted by atomic mass is 10.1. The molecule has 1 amide bonds. The van der Waals surface area contributed by atoms with Gasteiger partial charge in [-0.05, 0) is 65.7 Å². The van der Waals surface area contributed by atoms with Crippen LogP contribution in [-0.4, -0.2) is 15.7 Å². The number of aromatic nitrogens is 2. The number of halogens is 1. The maximum Gasteiger partial charge on any atom is 0.276 e. The molecular formula is C29H22ClN3O2S. The van der Waals surface area contributed by atoms with E-state index in [1.807, 2.05) is 91.0 Å². The van der Waals surface area contributed by atoms with Crippen LogP contribution in [0.5, 0.6) is 5.75 Å². The van der Waals surface area contributed by atoms with Crippen LogP contribution in [-0.2, 0) is 6.73 Å². The van der Waals surface area contributed by atoms with Crippen molar-refractivity contribution in [3.63, 3.8) is 0 Å². The summed E-state index contributed by atoms with van der Waals surface area (Å²) in [6.45, 7) is 0.195. The lowest BCUT2D eigenvalue weighted by Gasteiger charge is -2.10. The molecule has 0 spiro atoms. The molecule has 0 saturated heterocycles. The predicted octanol–water partition coefficient (Wildman–Crippen LogP) is 7.64. The molecule has 1 N–H and O–H groups in total. The molecule has 1 aromatic heterocycles. The van der Waals surface area contributed by atoms with E-state index in [2.05, 4.69) is 22.5 Å². The van der Waals surface area contributed by atoms with Crippen LogP contribution in [0.25, 0.3) is 11.1 Å². The largest absolute Gasteiger partial charge is 0.471 e. The number of amides is 1. The number of hydrogen-bond acceptors (Lipinski definition) is 4. The number of hydrogen-bond donors (Lipinski definition) is 1. The van der Waals surface area contributed by atoms with Gasteiger partial charge in [0.05, 0.1) is 5.69 Å². The first-order valence-corrected chi connectivity index (χ1v) is 12.5. The second-order valence-corrected chi connectivity index (χ2v) is 9.46. The van der Waals surface area contributed by atoms with Crippen molar-refractivity contribution < 1.29 is 9.53 Å². The van der Waals surface area contributed by atoms with Crippen molar-refractivity contribution >= 4 is 35.0 Å². The Morgan fingerprint density at radius 3 is 2.31 bits per heavy atom. The Bertz CT molecular complexity index is 1450. The zero-order chi connectivity index (χ0) is 24.7. The number of benzene rings is 4. The smallest absolute Gasteiger partial charge is 0.276 e. The molecule has 178 valence electrons. The second kappa shape index (κ2) is 11.2. The topological polar surface area (TPSA) is 56.2 Å². The fraction of sp³-hybridized carbons (Fsp3) is 0.0345. The highest BCUT2D eigenvalue weighted by molar-refractivity contribution is 7.99. The van der Waals surface area contributed by atoms with Gasteiger partial charge in [-0.2, -0.15) is 5.10 Å². The molecule has 0 radical (unpaired) electrons. The average molecular weight is 512 g/mol. The summed E-state index contributed by atoms with van der Waals surface area (Å²) >= 11 is 7.54. The third-order valence-corrected chi connectivity index (χ3v) is 6.71. The van der Waals surface area contributed by atoms with Crippen molar-refractivity contribution in [2.45, 2.75) is 16.5 Å². The molecule has 0 saturated carbocycles. The zero-order valence-electron chi connectivity index (χ0n) is 19.2. The van der Waals surface area contributed by atoms with E-state index in [-0.39, 0.29) is 12.6 Å².